The van der Waals surface area contributed by atoms with Gasteiger partial charge in [-0.3, -0.25) is 0 Å². The third-order valence-electron chi connectivity index (χ3n) is 7.67. The van der Waals surface area contributed by atoms with E-state index in [0.29, 0.717) is 12.1 Å². The van der Waals surface area contributed by atoms with E-state index in [4.69, 9.17) is 8.83 Å². The monoisotopic (exact) mass is 966 g/mol. The maximum absolute atomic E-state index is 15.2. The molecule has 0 saturated carbocycles. The molecule has 7 nitrogen and oxygen atoms in total. The molecule has 0 radical (unpaired) electrons. The second-order valence-corrected chi connectivity index (χ2v) is 17.8. The summed E-state index contributed by atoms with van der Waals surface area (Å²) in [5.74, 6) is -52.8. The Hall–Kier alpha value is -4.21. The molecule has 0 unspecified atom stereocenters. The molecule has 0 aliphatic rings. The molecule has 0 N–H and O–H groups in total. The van der Waals surface area contributed by atoms with Crippen molar-refractivity contribution in [3.63, 3.8) is 0 Å². The fourth-order valence-electron chi connectivity index (χ4n) is 4.65. The van der Waals surface area contributed by atoms with Crippen molar-refractivity contribution in [1.29, 1.82) is 0 Å². The third-order valence-corrected chi connectivity index (χ3v) is 15.0. The Morgan fingerprint density at radius 1 is 0.500 bits per heavy atom. The average Bonchev–Trinajstić information content (AvgIpc) is 3.09. The van der Waals surface area contributed by atoms with Gasteiger partial charge in [0, 0.05) is 0 Å². The molecular formula is C30H12F17IO7S. The van der Waals surface area contributed by atoms with Gasteiger partial charge in [0.05, 0.1) is 0 Å². The normalized spacial score (nSPS) is 14.8. The fourth-order valence-corrected chi connectivity index (χ4v) is 11.7. The van der Waals surface area contributed by atoms with Crippen molar-refractivity contribution in [2.24, 2.45) is 0 Å². The fraction of sp³-hybridized carbons (Fsp3) is 0.267. The van der Waals surface area contributed by atoms with Gasteiger partial charge in [0.15, 0.2) is 0 Å². The molecule has 26 heteroatoms. The molecule has 2 heterocycles. The zero-order chi connectivity index (χ0) is 42.5. The Morgan fingerprint density at radius 2 is 0.982 bits per heavy atom. The second-order valence-electron chi connectivity index (χ2n) is 11.2. The van der Waals surface area contributed by atoms with Gasteiger partial charge < -0.3 is 0 Å². The molecule has 0 aliphatic heterocycles. The van der Waals surface area contributed by atoms with Crippen LogP contribution < -0.4 is 11.1 Å². The standard InChI is InChI=1S/C30H12F17IO7S/c31-23(32,25(35,36)27(39,40)29(43,44)45)24(33,34)26(37,38)28(41,42)30(46,47)56(51,52)55-48(15-7-5-13-6-10-21(49)54-20(13)12-15)14-8-9-19-17(11-14)22(50)16-3-1-2-4-18(16)53-19/h1-12H. The predicted octanol–water partition coefficient (Wildman–Crippen LogP) is 9.83. The van der Waals surface area contributed by atoms with Crippen molar-refractivity contribution < 1.29 is 94.4 Å². The molecule has 0 saturated heterocycles. The number of para-hydroxylation sites is 1. The Bertz CT molecular complexity index is 2590. The summed E-state index contributed by atoms with van der Waals surface area (Å²) in [6.45, 7) is 0. The number of fused-ring (bicyclic) bond motifs is 3. The molecular weight excluding hydrogens is 954 g/mol. The van der Waals surface area contributed by atoms with Crippen LogP contribution in [0.3, 0.4) is 0 Å². The van der Waals surface area contributed by atoms with E-state index in [-0.39, 0.29) is 21.9 Å². The number of alkyl halides is 17. The van der Waals surface area contributed by atoms with Crippen molar-refractivity contribution >= 4 is 63.3 Å². The van der Waals surface area contributed by atoms with Crippen LogP contribution in [0.15, 0.2) is 91.2 Å². The van der Waals surface area contributed by atoms with Gasteiger partial charge >= 0.3 is 305 Å². The van der Waals surface area contributed by atoms with E-state index in [1.54, 1.807) is 0 Å². The van der Waals surface area contributed by atoms with Crippen LogP contribution in [0, 0.1) is 7.14 Å². The number of hydrogen-bond donors (Lipinski definition) is 0. The van der Waals surface area contributed by atoms with Gasteiger partial charge in [0.2, 0.25) is 0 Å². The van der Waals surface area contributed by atoms with Gasteiger partial charge in [0.25, 0.3) is 0 Å². The van der Waals surface area contributed by atoms with E-state index in [0.717, 1.165) is 36.4 Å². The molecule has 0 spiro atoms. The topological polar surface area (TPSA) is 104 Å². The summed E-state index contributed by atoms with van der Waals surface area (Å²) >= 11 is -5.18. The van der Waals surface area contributed by atoms with Crippen LogP contribution in [-0.4, -0.2) is 55.4 Å². The molecule has 0 amide bonds. The van der Waals surface area contributed by atoms with Gasteiger partial charge in [-0.15, -0.1) is 0 Å². The summed E-state index contributed by atoms with van der Waals surface area (Å²) in [7, 11) is -8.03. The van der Waals surface area contributed by atoms with Crippen LogP contribution >= 0.6 is 20.2 Å². The predicted molar refractivity (Wildman–Crippen MR) is 165 cm³/mol. The van der Waals surface area contributed by atoms with Gasteiger partial charge in [-0.05, 0) is 0 Å². The second kappa shape index (κ2) is 13.2. The van der Waals surface area contributed by atoms with Crippen molar-refractivity contribution in [2.45, 2.75) is 47.0 Å². The summed E-state index contributed by atoms with van der Waals surface area (Å²) in [6.07, 6.45) is -7.97. The first-order chi connectivity index (χ1) is 25.3. The van der Waals surface area contributed by atoms with Gasteiger partial charge in [-0.2, -0.15) is 0 Å². The number of rotatable bonds is 11. The average molecular weight is 966 g/mol. The minimum atomic E-state index is -9.04. The Labute approximate surface area is 304 Å². The molecule has 306 valence electrons. The van der Waals surface area contributed by atoms with E-state index < -0.39 is 106 Å². The van der Waals surface area contributed by atoms with Crippen LogP contribution in [-0.2, 0) is 12.6 Å². The Morgan fingerprint density at radius 3 is 1.57 bits per heavy atom. The molecule has 0 aliphatic carbocycles. The van der Waals surface area contributed by atoms with E-state index in [9.17, 15) is 83.9 Å². The molecule has 5 rings (SSSR count). The summed E-state index contributed by atoms with van der Waals surface area (Å²) in [6, 6.07) is 11.9. The first-order valence-corrected chi connectivity index (χ1v) is 18.6. The molecule has 3 aromatic carbocycles. The third kappa shape index (κ3) is 6.15. The number of benzene rings is 3. The van der Waals surface area contributed by atoms with Gasteiger partial charge in [0.1, 0.15) is 0 Å². The summed E-state index contributed by atoms with van der Waals surface area (Å²) in [4.78, 5) is 25.0. The molecule has 0 atom stereocenters. The van der Waals surface area contributed by atoms with Crippen molar-refractivity contribution in [2.75, 3.05) is 0 Å². The maximum atomic E-state index is 15.2. The first kappa shape index (κ1) is 42.9. The van der Waals surface area contributed by atoms with E-state index in [1.165, 1.54) is 24.3 Å². The SMILES string of the molecule is O=c1ccc2ccc(I(OS(=O)(=O)C(F)(F)C(F)(F)C(F)(F)C(F)(F)C(F)(F)C(F)(F)C(F)(F)C(F)(F)F)c3ccc4oc5ccccc5c(=O)c4c3)cc2o1. The molecule has 56 heavy (non-hydrogen) atoms. The van der Waals surface area contributed by atoms with E-state index in [1.807, 2.05) is 0 Å². The molecule has 0 bridgehead atoms. The summed E-state index contributed by atoms with van der Waals surface area (Å²) in [5, 5.41) is -8.65. The number of hydrogen-bond acceptors (Lipinski definition) is 7. The summed E-state index contributed by atoms with van der Waals surface area (Å²) < 4.78 is 275. The molecule has 2 aromatic heterocycles. The van der Waals surface area contributed by atoms with Crippen molar-refractivity contribution in [3.05, 3.63) is 101 Å². The Kier molecular flexibility index (Phi) is 10.1. The Balaban J connectivity index is 1.67. The van der Waals surface area contributed by atoms with Crippen LogP contribution in [0.5, 0.6) is 0 Å². The molecule has 5 aromatic rings. The van der Waals surface area contributed by atoms with Crippen LogP contribution in [0.1, 0.15) is 0 Å². The van der Waals surface area contributed by atoms with Crippen molar-refractivity contribution in [3.8, 4) is 0 Å². The van der Waals surface area contributed by atoms with E-state index in [2.05, 4.69) is 2.51 Å². The van der Waals surface area contributed by atoms with Gasteiger partial charge in [-0.1, -0.05) is 0 Å². The first-order valence-electron chi connectivity index (χ1n) is 14.1. The minimum absolute atomic E-state index is 0.00905. The van der Waals surface area contributed by atoms with Crippen molar-refractivity contribution in [1.82, 2.24) is 0 Å². The summed E-state index contributed by atoms with van der Waals surface area (Å²) in [5.41, 5.74) is -2.90. The van der Waals surface area contributed by atoms with E-state index >= 15 is 8.78 Å². The van der Waals surface area contributed by atoms with Crippen LogP contribution in [0.2, 0.25) is 0 Å². The van der Waals surface area contributed by atoms with Crippen LogP contribution in [0.4, 0.5) is 74.6 Å². The molecule has 0 fully saturated rings. The van der Waals surface area contributed by atoms with Crippen LogP contribution in [0.25, 0.3) is 32.9 Å². The quantitative estimate of drug-likeness (QED) is 0.0562. The zero-order valence-electron chi connectivity index (χ0n) is 26.0. The van der Waals surface area contributed by atoms with Gasteiger partial charge in [-0.25, -0.2) is 0 Å². The number of halogens is 18. The zero-order valence-corrected chi connectivity index (χ0v) is 29.0.